The summed E-state index contributed by atoms with van der Waals surface area (Å²) < 4.78 is 80.3. The highest BCUT2D eigenvalue weighted by Crippen LogP contribution is 2.44. The van der Waals surface area contributed by atoms with Crippen LogP contribution in [0.2, 0.25) is 0 Å². The van der Waals surface area contributed by atoms with E-state index in [-0.39, 0.29) is 52.4 Å². The highest BCUT2D eigenvalue weighted by molar-refractivity contribution is 7.47. The summed E-state index contributed by atoms with van der Waals surface area (Å²) in [5.74, 6) is 2.48. The predicted molar refractivity (Wildman–Crippen MR) is 150 cm³/mol. The van der Waals surface area contributed by atoms with Crippen LogP contribution < -0.4 is 0 Å². The molecule has 1 rings (SSSR count). The molecule has 1 saturated heterocycles. The van der Waals surface area contributed by atoms with Gasteiger partial charge in [0.2, 0.25) is 0 Å². The van der Waals surface area contributed by atoms with Gasteiger partial charge in [0, 0.05) is 19.5 Å². The Morgan fingerprint density at radius 3 is 1.62 bits per heavy atom. The highest BCUT2D eigenvalue weighted by Gasteiger charge is 2.35. The fourth-order valence-corrected chi connectivity index (χ4v) is 4.75. The minimum atomic E-state index is -4.26. The first-order valence-electron chi connectivity index (χ1n) is 13.7. The van der Waals surface area contributed by atoms with E-state index < -0.39 is 27.8 Å². The van der Waals surface area contributed by atoms with Crippen LogP contribution in [0.3, 0.4) is 0 Å². The SMILES string of the molecule is [B]C1CC(OC)C(COP(=O)(O)OCCOCCOCCOCCOCCOCCOP(=O)(O)OCCCCC#C)O1. The normalized spacial score (nSPS) is 21.6. The standard InChI is InChI=1S/C24H45BO15P2/c1-3-4-5-6-7-36-41(26,27)37-18-16-34-14-12-32-10-8-31-9-11-33-13-15-35-17-19-38-42(28,29)39-21-23-22(30-2)20-24(25)40-23/h1,22-24H,4-21H2,2H3,(H,26,27)(H,28,29). The molecular formula is C24H45BO15P2. The Labute approximate surface area is 249 Å². The topological polar surface area (TPSA) is 176 Å². The number of unbranched alkanes of at least 4 members (excludes halogenated alkanes) is 2. The molecule has 244 valence electrons. The lowest BCUT2D eigenvalue weighted by Gasteiger charge is -2.19. The van der Waals surface area contributed by atoms with Gasteiger partial charge in [0.05, 0.1) is 98.6 Å². The van der Waals surface area contributed by atoms with Crippen LogP contribution in [0.4, 0.5) is 0 Å². The third-order valence-corrected chi connectivity index (χ3v) is 7.36. The van der Waals surface area contributed by atoms with Crippen molar-refractivity contribution in [1.29, 1.82) is 0 Å². The van der Waals surface area contributed by atoms with Gasteiger partial charge in [-0.25, -0.2) is 9.13 Å². The van der Waals surface area contributed by atoms with Crippen LogP contribution in [0.1, 0.15) is 25.7 Å². The number of phosphoric ester groups is 2. The average Bonchev–Trinajstić information content (AvgIpc) is 3.32. The lowest BCUT2D eigenvalue weighted by atomic mass is 9.96. The minimum Gasteiger partial charge on any atom is -0.380 e. The van der Waals surface area contributed by atoms with Gasteiger partial charge in [-0.15, -0.1) is 12.3 Å². The smallest absolute Gasteiger partial charge is 0.380 e. The quantitative estimate of drug-likeness (QED) is 0.0516. The summed E-state index contributed by atoms with van der Waals surface area (Å²) >= 11 is 0. The molecule has 0 spiro atoms. The van der Waals surface area contributed by atoms with Crippen LogP contribution in [0.15, 0.2) is 0 Å². The number of hydrogen-bond donors (Lipinski definition) is 2. The van der Waals surface area contributed by atoms with Crippen LogP contribution in [0, 0.1) is 12.3 Å². The predicted octanol–water partition coefficient (Wildman–Crippen LogP) is 1.44. The van der Waals surface area contributed by atoms with Crippen LogP contribution in [-0.4, -0.2) is 135 Å². The molecule has 2 N–H and O–H groups in total. The summed E-state index contributed by atoms with van der Waals surface area (Å²) in [7, 11) is -1.15. The molecule has 2 radical (unpaired) electrons. The maximum atomic E-state index is 11.9. The van der Waals surface area contributed by atoms with Gasteiger partial charge in [0.1, 0.15) is 14.0 Å². The molecule has 1 aliphatic rings. The van der Waals surface area contributed by atoms with Crippen molar-refractivity contribution in [3.05, 3.63) is 0 Å². The second kappa shape index (κ2) is 24.8. The van der Waals surface area contributed by atoms with E-state index in [9.17, 15) is 18.9 Å². The molecule has 0 aromatic carbocycles. The van der Waals surface area contributed by atoms with Gasteiger partial charge >= 0.3 is 15.6 Å². The lowest BCUT2D eigenvalue weighted by molar-refractivity contribution is -0.0254. The van der Waals surface area contributed by atoms with Crippen molar-refractivity contribution in [1.82, 2.24) is 0 Å². The zero-order chi connectivity index (χ0) is 30.9. The summed E-state index contributed by atoms with van der Waals surface area (Å²) in [6.07, 6.45) is 6.63. The van der Waals surface area contributed by atoms with Crippen LogP contribution in [-0.2, 0) is 60.4 Å². The van der Waals surface area contributed by atoms with Crippen molar-refractivity contribution >= 4 is 23.5 Å². The molecule has 0 saturated carbocycles. The summed E-state index contributed by atoms with van der Waals surface area (Å²) in [4.78, 5) is 19.3. The molecule has 0 aromatic heterocycles. The Balaban J connectivity index is 1.81. The maximum Gasteiger partial charge on any atom is 0.472 e. The van der Waals surface area contributed by atoms with E-state index in [0.29, 0.717) is 71.9 Å². The number of rotatable bonds is 29. The van der Waals surface area contributed by atoms with E-state index >= 15 is 0 Å². The highest BCUT2D eigenvalue weighted by atomic mass is 31.2. The fourth-order valence-electron chi connectivity index (χ4n) is 3.30. The zero-order valence-electron chi connectivity index (χ0n) is 24.2. The molecule has 1 aliphatic heterocycles. The van der Waals surface area contributed by atoms with Crippen molar-refractivity contribution in [3.8, 4) is 12.3 Å². The monoisotopic (exact) mass is 646 g/mol. The van der Waals surface area contributed by atoms with E-state index in [1.54, 1.807) is 0 Å². The van der Waals surface area contributed by atoms with Gasteiger partial charge in [-0.3, -0.25) is 18.1 Å². The molecule has 0 aliphatic carbocycles. The van der Waals surface area contributed by atoms with Gasteiger partial charge < -0.3 is 42.9 Å². The van der Waals surface area contributed by atoms with Crippen LogP contribution in [0.25, 0.3) is 0 Å². The van der Waals surface area contributed by atoms with Gasteiger partial charge in [-0.05, 0) is 19.3 Å². The molecule has 18 heteroatoms. The molecule has 0 aromatic rings. The Kier molecular flexibility index (Phi) is 23.4. The molecule has 5 unspecified atom stereocenters. The number of phosphoric acid groups is 2. The van der Waals surface area contributed by atoms with Crippen molar-refractivity contribution in [2.75, 3.05) is 99.6 Å². The van der Waals surface area contributed by atoms with E-state index in [2.05, 4.69) is 5.92 Å². The molecule has 5 atom stereocenters. The molecule has 42 heavy (non-hydrogen) atoms. The molecule has 1 fully saturated rings. The Hall–Kier alpha value is -0.435. The maximum absolute atomic E-state index is 11.9. The first-order valence-corrected chi connectivity index (χ1v) is 16.7. The van der Waals surface area contributed by atoms with Gasteiger partial charge in [-0.2, -0.15) is 0 Å². The second-order valence-electron chi connectivity index (χ2n) is 8.68. The van der Waals surface area contributed by atoms with Crippen molar-refractivity contribution < 1.29 is 70.2 Å². The minimum absolute atomic E-state index is 0.0808. The van der Waals surface area contributed by atoms with Gasteiger partial charge in [-0.1, -0.05) is 0 Å². The first kappa shape index (κ1) is 39.6. The number of hydrogen-bond acceptors (Lipinski definition) is 13. The molecular weight excluding hydrogens is 601 g/mol. The molecule has 15 nitrogen and oxygen atoms in total. The van der Waals surface area contributed by atoms with Crippen LogP contribution in [0.5, 0.6) is 0 Å². The van der Waals surface area contributed by atoms with E-state index in [1.165, 1.54) is 7.11 Å². The van der Waals surface area contributed by atoms with Crippen molar-refractivity contribution in [2.45, 2.75) is 43.9 Å². The molecule has 0 bridgehead atoms. The number of terminal acetylenes is 1. The largest absolute Gasteiger partial charge is 0.472 e. The summed E-state index contributed by atoms with van der Waals surface area (Å²) in [5.41, 5.74) is 0. The zero-order valence-corrected chi connectivity index (χ0v) is 26.0. The second-order valence-corrected chi connectivity index (χ2v) is 11.6. The molecule has 1 heterocycles. The fraction of sp³-hybridized carbons (Fsp3) is 0.917. The van der Waals surface area contributed by atoms with Crippen LogP contribution >= 0.6 is 15.6 Å². The van der Waals surface area contributed by atoms with Gasteiger partial charge in [0.15, 0.2) is 0 Å². The third kappa shape index (κ3) is 22.1. The molecule has 0 amide bonds. The van der Waals surface area contributed by atoms with E-state index in [0.717, 1.165) is 0 Å². The van der Waals surface area contributed by atoms with E-state index in [1.807, 2.05) is 0 Å². The average molecular weight is 646 g/mol. The first-order chi connectivity index (χ1) is 20.2. The van der Waals surface area contributed by atoms with Crippen molar-refractivity contribution in [3.63, 3.8) is 0 Å². The Morgan fingerprint density at radius 2 is 1.17 bits per heavy atom. The lowest BCUT2D eigenvalue weighted by Crippen LogP contribution is -2.28. The summed E-state index contributed by atoms with van der Waals surface area (Å²) in [5, 5.41) is 0. The van der Waals surface area contributed by atoms with E-state index in [4.69, 9.17) is 65.5 Å². The summed E-state index contributed by atoms with van der Waals surface area (Å²) in [6.45, 7) is 2.60. The van der Waals surface area contributed by atoms with Gasteiger partial charge in [0.25, 0.3) is 0 Å². The Morgan fingerprint density at radius 1 is 0.738 bits per heavy atom. The number of methoxy groups -OCH3 is 1. The summed E-state index contributed by atoms with van der Waals surface area (Å²) in [6, 6.07) is -0.505. The Bertz CT molecular complexity index is 802. The van der Waals surface area contributed by atoms with Crippen molar-refractivity contribution in [2.24, 2.45) is 0 Å². The number of ether oxygens (including phenoxy) is 7. The third-order valence-electron chi connectivity index (χ3n) is 5.36.